The van der Waals surface area contributed by atoms with E-state index in [0.717, 1.165) is 5.56 Å². The average Bonchev–Trinajstić information content (AvgIpc) is 2.37. The molecule has 3 nitrogen and oxygen atoms in total. The summed E-state index contributed by atoms with van der Waals surface area (Å²) in [6, 6.07) is 7.06. The Morgan fingerprint density at radius 3 is 2.17 bits per heavy atom. The lowest BCUT2D eigenvalue weighted by Gasteiger charge is -2.30. The lowest BCUT2D eigenvalue weighted by molar-refractivity contribution is 0.154. The Labute approximate surface area is 114 Å². The normalized spacial score (nSPS) is 17.2. The summed E-state index contributed by atoms with van der Waals surface area (Å²) in [6.07, 6.45) is -1.07. The van der Waals surface area contributed by atoms with Gasteiger partial charge in [0.1, 0.15) is 6.10 Å². The highest BCUT2D eigenvalue weighted by molar-refractivity contribution is 7.94. The van der Waals surface area contributed by atoms with Gasteiger partial charge in [-0.15, -0.1) is 0 Å². The van der Waals surface area contributed by atoms with Crippen LogP contribution in [0.15, 0.2) is 24.3 Å². The van der Waals surface area contributed by atoms with Crippen LogP contribution in [-0.2, 0) is 9.84 Å². The molecule has 0 radical (unpaired) electrons. The van der Waals surface area contributed by atoms with Gasteiger partial charge in [-0.2, -0.15) is 0 Å². The van der Waals surface area contributed by atoms with Crippen molar-refractivity contribution in [2.24, 2.45) is 0 Å². The third-order valence-corrected chi connectivity index (χ3v) is 6.67. The topological polar surface area (TPSA) is 54.4 Å². The lowest BCUT2D eigenvalue weighted by atomic mass is 10.0. The van der Waals surface area contributed by atoms with Gasteiger partial charge >= 0.3 is 0 Å². The molecule has 0 amide bonds. The number of aliphatic hydroxyl groups is 1. The fraction of sp³-hybridized carbons (Fsp3) is 0.538. The SMILES string of the molecule is CCC(Cl)(C(O)c1ccc(C)cc1)S(=O)(=O)CC. The van der Waals surface area contributed by atoms with E-state index in [1.165, 1.54) is 6.92 Å². The fourth-order valence-corrected chi connectivity index (χ4v) is 3.67. The van der Waals surface area contributed by atoms with Gasteiger partial charge in [-0.25, -0.2) is 8.42 Å². The second-order valence-electron chi connectivity index (χ2n) is 4.36. The Kier molecular flexibility index (Phi) is 4.81. The molecule has 0 aromatic heterocycles. The van der Waals surface area contributed by atoms with E-state index < -0.39 is 20.1 Å². The molecule has 0 aliphatic carbocycles. The van der Waals surface area contributed by atoms with Crippen molar-refractivity contribution in [3.8, 4) is 0 Å². The van der Waals surface area contributed by atoms with Crippen LogP contribution in [0.5, 0.6) is 0 Å². The van der Waals surface area contributed by atoms with Crippen LogP contribution < -0.4 is 0 Å². The molecule has 5 heteroatoms. The Bertz CT molecular complexity index is 495. The molecule has 0 aliphatic rings. The summed E-state index contributed by atoms with van der Waals surface area (Å²) in [5.41, 5.74) is 1.57. The number of hydrogen-bond donors (Lipinski definition) is 1. The number of sulfone groups is 1. The minimum Gasteiger partial charge on any atom is -0.385 e. The van der Waals surface area contributed by atoms with Crippen LogP contribution in [0, 0.1) is 6.92 Å². The van der Waals surface area contributed by atoms with Crippen LogP contribution in [0.4, 0.5) is 0 Å². The van der Waals surface area contributed by atoms with Crippen LogP contribution in [0.2, 0.25) is 0 Å². The van der Waals surface area contributed by atoms with Gasteiger partial charge in [-0.1, -0.05) is 55.3 Å². The molecule has 0 heterocycles. The van der Waals surface area contributed by atoms with Crippen molar-refractivity contribution >= 4 is 21.4 Å². The number of aryl methyl sites for hydroxylation is 1. The second-order valence-corrected chi connectivity index (χ2v) is 7.79. The summed E-state index contributed by atoms with van der Waals surface area (Å²) < 4.78 is 22.4. The van der Waals surface area contributed by atoms with Crippen molar-refractivity contribution in [2.45, 2.75) is 37.5 Å². The molecule has 1 aromatic rings. The summed E-state index contributed by atoms with van der Waals surface area (Å²) >= 11 is 6.20. The monoisotopic (exact) mass is 290 g/mol. The molecule has 0 bridgehead atoms. The minimum absolute atomic E-state index is 0.0900. The first-order chi connectivity index (χ1) is 8.28. The predicted octanol–water partition coefficient (Wildman–Crippen LogP) is 2.81. The number of aliphatic hydroxyl groups excluding tert-OH is 1. The quantitative estimate of drug-likeness (QED) is 0.849. The smallest absolute Gasteiger partial charge is 0.175 e. The van der Waals surface area contributed by atoms with Crippen LogP contribution in [0.1, 0.15) is 37.5 Å². The van der Waals surface area contributed by atoms with Crippen LogP contribution >= 0.6 is 11.6 Å². The Morgan fingerprint density at radius 1 is 1.28 bits per heavy atom. The van der Waals surface area contributed by atoms with Crippen molar-refractivity contribution < 1.29 is 13.5 Å². The van der Waals surface area contributed by atoms with E-state index in [0.29, 0.717) is 5.56 Å². The maximum absolute atomic E-state index is 12.0. The van der Waals surface area contributed by atoms with E-state index in [-0.39, 0.29) is 12.2 Å². The minimum atomic E-state index is -3.55. The van der Waals surface area contributed by atoms with Gasteiger partial charge in [0, 0.05) is 5.75 Å². The maximum atomic E-state index is 12.0. The molecule has 0 saturated heterocycles. The summed E-state index contributed by atoms with van der Waals surface area (Å²) in [7, 11) is -3.55. The molecule has 2 atom stereocenters. The third kappa shape index (κ3) is 2.71. The Balaban J connectivity index is 3.21. The van der Waals surface area contributed by atoms with Crippen molar-refractivity contribution in [1.82, 2.24) is 0 Å². The van der Waals surface area contributed by atoms with Gasteiger partial charge in [-0.3, -0.25) is 0 Å². The molecule has 0 fully saturated rings. The highest BCUT2D eigenvalue weighted by Crippen LogP contribution is 2.40. The fourth-order valence-electron chi connectivity index (χ4n) is 1.82. The molecule has 1 N–H and O–H groups in total. The Morgan fingerprint density at radius 2 is 1.78 bits per heavy atom. The van der Waals surface area contributed by atoms with Gasteiger partial charge < -0.3 is 5.11 Å². The van der Waals surface area contributed by atoms with E-state index in [1.54, 1.807) is 19.1 Å². The first-order valence-corrected chi connectivity index (χ1v) is 7.97. The van der Waals surface area contributed by atoms with Gasteiger partial charge in [0.25, 0.3) is 0 Å². The number of rotatable bonds is 5. The number of hydrogen-bond acceptors (Lipinski definition) is 3. The summed E-state index contributed by atoms with van der Waals surface area (Å²) in [5, 5.41) is 10.3. The molecular formula is C13H19ClO3S. The third-order valence-electron chi connectivity index (χ3n) is 3.18. The molecule has 18 heavy (non-hydrogen) atoms. The molecule has 0 saturated carbocycles. The zero-order valence-corrected chi connectivity index (χ0v) is 12.4. The van der Waals surface area contributed by atoms with Crippen molar-refractivity contribution in [1.29, 1.82) is 0 Å². The van der Waals surface area contributed by atoms with Gasteiger partial charge in [0.15, 0.2) is 14.0 Å². The molecule has 0 aliphatic heterocycles. The summed E-state index contributed by atoms with van der Waals surface area (Å²) in [6.45, 7) is 5.12. The van der Waals surface area contributed by atoms with Crippen molar-refractivity contribution in [2.75, 3.05) is 5.75 Å². The van der Waals surface area contributed by atoms with Crippen LogP contribution in [0.3, 0.4) is 0 Å². The highest BCUT2D eigenvalue weighted by Gasteiger charge is 2.46. The maximum Gasteiger partial charge on any atom is 0.175 e. The first-order valence-electron chi connectivity index (χ1n) is 5.94. The average molecular weight is 291 g/mol. The number of halogens is 1. The van der Waals surface area contributed by atoms with Crippen LogP contribution in [-0.4, -0.2) is 23.5 Å². The van der Waals surface area contributed by atoms with E-state index in [1.807, 2.05) is 19.1 Å². The van der Waals surface area contributed by atoms with Crippen molar-refractivity contribution in [3.63, 3.8) is 0 Å². The highest BCUT2D eigenvalue weighted by atomic mass is 35.5. The van der Waals surface area contributed by atoms with Gasteiger partial charge in [0.05, 0.1) is 0 Å². The number of benzene rings is 1. The molecule has 102 valence electrons. The largest absolute Gasteiger partial charge is 0.385 e. The van der Waals surface area contributed by atoms with E-state index >= 15 is 0 Å². The Hall–Kier alpha value is -0.580. The van der Waals surface area contributed by atoms with Gasteiger partial charge in [-0.05, 0) is 18.9 Å². The van der Waals surface area contributed by atoms with E-state index in [2.05, 4.69) is 0 Å². The zero-order valence-electron chi connectivity index (χ0n) is 10.9. The summed E-state index contributed by atoms with van der Waals surface area (Å²) in [4.78, 5) is 0. The molecule has 0 spiro atoms. The standard InChI is InChI=1S/C13H19ClO3S/c1-4-13(14,18(16,17)5-2)12(15)11-8-6-10(3)7-9-11/h6-9,12,15H,4-5H2,1-3H3. The molecule has 1 aromatic carbocycles. The predicted molar refractivity (Wildman–Crippen MR) is 74.5 cm³/mol. The number of alkyl halides is 1. The first kappa shape index (κ1) is 15.5. The van der Waals surface area contributed by atoms with E-state index in [4.69, 9.17) is 11.6 Å². The molecular weight excluding hydrogens is 272 g/mol. The molecule has 1 rings (SSSR count). The van der Waals surface area contributed by atoms with Crippen molar-refractivity contribution in [3.05, 3.63) is 35.4 Å². The zero-order chi connectivity index (χ0) is 14.0. The second kappa shape index (κ2) is 5.59. The molecule has 2 unspecified atom stereocenters. The van der Waals surface area contributed by atoms with E-state index in [9.17, 15) is 13.5 Å². The van der Waals surface area contributed by atoms with Crippen LogP contribution in [0.25, 0.3) is 0 Å². The summed E-state index contributed by atoms with van der Waals surface area (Å²) in [5.74, 6) is -0.0900. The lowest BCUT2D eigenvalue weighted by Crippen LogP contribution is -2.39. The van der Waals surface area contributed by atoms with Gasteiger partial charge in [0.2, 0.25) is 0 Å².